The molecular formula is C119H212N5. The predicted octanol–water partition coefficient (Wildman–Crippen LogP) is 41.5. The molecule has 1 radical (unpaired) electrons. The van der Waals surface area contributed by atoms with Crippen LogP contribution in [0.1, 0.15) is 620 Å². The molecule has 0 saturated carbocycles. The Morgan fingerprint density at radius 1 is 0.194 bits per heavy atom. The zero-order chi connectivity index (χ0) is 88.0. The number of aromatic nitrogens is 3. The maximum atomic E-state index is 5.50. The summed E-state index contributed by atoms with van der Waals surface area (Å²) in [6.07, 6.45) is 125. The summed E-state index contributed by atoms with van der Waals surface area (Å²) >= 11 is 0. The molecule has 0 bridgehead atoms. The van der Waals surface area contributed by atoms with Crippen molar-refractivity contribution in [3.63, 3.8) is 0 Å². The molecule has 1 heterocycles. The predicted molar refractivity (Wildman–Crippen MR) is 558 cm³/mol. The Bertz CT molecular complexity index is 2630. The molecule has 4 rings (SSSR count). The lowest BCUT2D eigenvalue weighted by molar-refractivity contribution is 0.533. The summed E-state index contributed by atoms with van der Waals surface area (Å²) in [6.45, 7) is 18.3. The van der Waals surface area contributed by atoms with Crippen LogP contribution in [0.25, 0.3) is 11.4 Å². The first-order valence-electron chi connectivity index (χ1n) is 56.9. The fourth-order valence-corrected chi connectivity index (χ4v) is 20.0. The second kappa shape index (κ2) is 86.0. The minimum Gasteiger partial charge on any atom is -0.324 e. The van der Waals surface area contributed by atoms with E-state index < -0.39 is 0 Å². The van der Waals surface area contributed by atoms with Crippen LogP contribution < -0.4 is 10.6 Å². The molecule has 3 aromatic carbocycles. The average Bonchev–Trinajstić information content (AvgIpc) is 0.799. The van der Waals surface area contributed by atoms with Crippen LogP contribution >= 0.6 is 0 Å². The van der Waals surface area contributed by atoms with Crippen molar-refractivity contribution in [2.24, 2.45) is 0 Å². The molecule has 4 aromatic rings. The van der Waals surface area contributed by atoms with E-state index in [1.165, 1.54) is 558 Å². The highest BCUT2D eigenvalue weighted by atomic mass is 15.2. The highest BCUT2D eigenvalue weighted by Gasteiger charge is 2.19. The zero-order valence-corrected chi connectivity index (χ0v) is 84.5. The molecule has 1 aromatic heterocycles. The zero-order valence-electron chi connectivity index (χ0n) is 84.5. The van der Waals surface area contributed by atoms with Gasteiger partial charge in [-0.1, -0.05) is 567 Å². The van der Waals surface area contributed by atoms with Crippen molar-refractivity contribution in [2.75, 3.05) is 10.6 Å². The third-order valence-electron chi connectivity index (χ3n) is 28.3. The van der Waals surface area contributed by atoms with Crippen molar-refractivity contribution >= 4 is 23.3 Å². The van der Waals surface area contributed by atoms with E-state index >= 15 is 0 Å². The van der Waals surface area contributed by atoms with Gasteiger partial charge in [-0.05, 0) is 154 Å². The summed E-state index contributed by atoms with van der Waals surface area (Å²) in [5.41, 5.74) is 14.3. The molecule has 0 unspecified atom stereocenters. The standard InChI is InChI=1S/C119H212N5/c1-8-15-21-27-33-39-45-51-57-63-69-75-81-87-93-109-103-113(104-110(94-88-82-76-70-64-58-52-46-40-34-28-22-16-9-2)115(109)97-91-85-79-73-67-61-55-49-43-37-31-25-19-12-5)120-118-122-117(108-101-99-107(14-7)100-102-108)123-119(124-118)121-114-105-111(95-89-83-77-71-65-59-53-47-41-35-29-23-17-10-3)116(98-92-86-80-74-68-62-56-50-44-38-32-26-20-13-6)112(106-114)96-90-84-78-72-66-60-54-48-42-36-30-24-18-11-4/h99-106H,7-98H2,1-6H3,(H2,120,121,122,123,124). The minimum absolute atomic E-state index is 0.637. The molecule has 0 aliphatic rings. The van der Waals surface area contributed by atoms with Gasteiger partial charge in [0.05, 0.1) is 0 Å². The van der Waals surface area contributed by atoms with E-state index in [2.05, 4.69) is 108 Å². The van der Waals surface area contributed by atoms with Gasteiger partial charge < -0.3 is 10.6 Å². The monoisotopic (exact) mass is 1710 g/mol. The van der Waals surface area contributed by atoms with Crippen molar-refractivity contribution in [1.29, 1.82) is 0 Å². The molecule has 713 valence electrons. The molecule has 124 heavy (non-hydrogen) atoms. The van der Waals surface area contributed by atoms with E-state index in [0.29, 0.717) is 11.9 Å². The summed E-state index contributed by atoms with van der Waals surface area (Å²) in [6, 6.07) is 19.2. The van der Waals surface area contributed by atoms with Crippen LogP contribution in [-0.4, -0.2) is 15.0 Å². The summed E-state index contributed by atoms with van der Waals surface area (Å²) in [7, 11) is 0. The van der Waals surface area contributed by atoms with Gasteiger partial charge in [0.15, 0.2) is 5.82 Å². The molecule has 0 aliphatic carbocycles. The first-order chi connectivity index (χ1) is 61.5. The lowest BCUT2D eigenvalue weighted by Crippen LogP contribution is -2.09. The summed E-state index contributed by atoms with van der Waals surface area (Å²) in [5.74, 6) is 1.99. The van der Waals surface area contributed by atoms with Gasteiger partial charge in [0.1, 0.15) is 0 Å². The van der Waals surface area contributed by atoms with Gasteiger partial charge in [-0.15, -0.1) is 0 Å². The maximum absolute atomic E-state index is 5.50. The van der Waals surface area contributed by atoms with E-state index in [1.807, 2.05) is 0 Å². The van der Waals surface area contributed by atoms with Crippen LogP contribution in [-0.2, 0) is 44.9 Å². The van der Waals surface area contributed by atoms with Gasteiger partial charge in [-0.3, -0.25) is 0 Å². The highest BCUT2D eigenvalue weighted by molar-refractivity contribution is 5.66. The third-order valence-corrected chi connectivity index (χ3v) is 28.3. The Hall–Kier alpha value is -3.73. The summed E-state index contributed by atoms with van der Waals surface area (Å²) in [5, 5.41) is 8.03. The molecule has 0 saturated heterocycles. The lowest BCUT2D eigenvalue weighted by atomic mass is 9.89. The third kappa shape index (κ3) is 63.3. The van der Waals surface area contributed by atoms with E-state index in [9.17, 15) is 0 Å². The SMILES string of the molecule is [CH2]Cc1ccc(-c2nc(Nc3cc(CCCCCCCCCCCCCCCC)c(CCCCCCCCCCCCCCCC)c(CCCCCCCCCCCCCCCC)c3)nc(Nc3cc(CCCCCCCCCCCCCCCC)c(CCCCCCCCCCCCCCCC)c(CCCCCCCCCCCCCCCC)c3)n2)cc1. The van der Waals surface area contributed by atoms with E-state index in [0.717, 1.165) is 54.9 Å². The number of hydrogen-bond acceptors (Lipinski definition) is 5. The second-order valence-corrected chi connectivity index (χ2v) is 40.1. The van der Waals surface area contributed by atoms with E-state index in [1.54, 1.807) is 33.4 Å². The molecule has 0 aliphatic heterocycles. The van der Waals surface area contributed by atoms with Gasteiger partial charge in [0, 0.05) is 16.9 Å². The number of benzene rings is 3. The largest absolute Gasteiger partial charge is 0.324 e. The van der Waals surface area contributed by atoms with Gasteiger partial charge in [-0.25, -0.2) is 0 Å². The number of nitrogens with zero attached hydrogens (tertiary/aromatic N) is 3. The molecule has 0 spiro atoms. The van der Waals surface area contributed by atoms with Gasteiger partial charge in [-0.2, -0.15) is 15.0 Å². The summed E-state index contributed by atoms with van der Waals surface area (Å²) < 4.78 is 0. The van der Waals surface area contributed by atoms with E-state index in [4.69, 9.17) is 15.0 Å². The minimum atomic E-state index is 0.637. The Balaban J connectivity index is 1.71. The Morgan fingerprint density at radius 3 is 0.524 bits per heavy atom. The Kier molecular flexibility index (Phi) is 78.1. The number of unbranched alkanes of at least 4 members (excludes halogenated alkanes) is 78. The topological polar surface area (TPSA) is 62.7 Å². The van der Waals surface area contributed by atoms with Crippen LogP contribution in [0.2, 0.25) is 0 Å². The molecule has 5 nitrogen and oxygen atoms in total. The first-order valence-corrected chi connectivity index (χ1v) is 56.9. The van der Waals surface area contributed by atoms with Crippen molar-refractivity contribution in [1.82, 2.24) is 15.0 Å². The van der Waals surface area contributed by atoms with Crippen LogP contribution in [0.3, 0.4) is 0 Å². The quantitative estimate of drug-likeness (QED) is 0.0431. The molecule has 0 atom stereocenters. The Morgan fingerprint density at radius 2 is 0.355 bits per heavy atom. The fraction of sp³-hybridized carbons (Fsp3) is 0.815. The molecule has 5 heteroatoms. The number of aryl methyl sites for hydroxylation is 4. The van der Waals surface area contributed by atoms with Crippen LogP contribution in [0.15, 0.2) is 48.5 Å². The number of anilines is 4. The maximum Gasteiger partial charge on any atom is 0.232 e. The molecule has 0 amide bonds. The van der Waals surface area contributed by atoms with Crippen LogP contribution in [0.4, 0.5) is 23.3 Å². The Labute approximate surface area is 775 Å². The normalized spacial score (nSPS) is 11.7. The first kappa shape index (κ1) is 113. The number of hydrogen-bond donors (Lipinski definition) is 2. The van der Waals surface area contributed by atoms with Gasteiger partial charge >= 0.3 is 0 Å². The van der Waals surface area contributed by atoms with Crippen LogP contribution in [0.5, 0.6) is 0 Å². The lowest BCUT2D eigenvalue weighted by Gasteiger charge is -2.20. The average molecular weight is 1710 g/mol. The van der Waals surface area contributed by atoms with Gasteiger partial charge in [0.25, 0.3) is 0 Å². The van der Waals surface area contributed by atoms with Crippen molar-refractivity contribution in [3.8, 4) is 11.4 Å². The molecular weight excluding hydrogens is 1500 g/mol. The summed E-state index contributed by atoms with van der Waals surface area (Å²) in [4.78, 5) is 16.4. The fourth-order valence-electron chi connectivity index (χ4n) is 20.0. The molecule has 0 fully saturated rings. The van der Waals surface area contributed by atoms with Gasteiger partial charge in [0.2, 0.25) is 11.9 Å². The van der Waals surface area contributed by atoms with Crippen LogP contribution in [0, 0.1) is 6.92 Å². The van der Waals surface area contributed by atoms with Crippen molar-refractivity contribution in [2.45, 2.75) is 626 Å². The second-order valence-electron chi connectivity index (χ2n) is 40.1. The van der Waals surface area contributed by atoms with E-state index in [-0.39, 0.29) is 0 Å². The number of rotatable bonds is 96. The van der Waals surface area contributed by atoms with Crippen molar-refractivity contribution in [3.05, 3.63) is 94.4 Å². The molecule has 2 N–H and O–H groups in total. The highest BCUT2D eigenvalue weighted by Crippen LogP contribution is 2.34. The van der Waals surface area contributed by atoms with Crippen molar-refractivity contribution < 1.29 is 0 Å². The number of nitrogens with one attached hydrogen (secondary N) is 2. The smallest absolute Gasteiger partial charge is 0.232 e.